The summed E-state index contributed by atoms with van der Waals surface area (Å²) in [5.41, 5.74) is 2.00. The van der Waals surface area contributed by atoms with Crippen molar-refractivity contribution in [1.29, 1.82) is 0 Å². The van der Waals surface area contributed by atoms with E-state index < -0.39 is 6.10 Å². The van der Waals surface area contributed by atoms with Crippen molar-refractivity contribution in [2.24, 2.45) is 0 Å². The molecular formula is C16H19FO. The van der Waals surface area contributed by atoms with Crippen molar-refractivity contribution < 1.29 is 9.50 Å². The molecule has 0 aliphatic carbocycles. The fourth-order valence-electron chi connectivity index (χ4n) is 1.64. The molecule has 0 amide bonds. The van der Waals surface area contributed by atoms with Gasteiger partial charge in [-0.2, -0.15) is 0 Å². The quantitative estimate of drug-likeness (QED) is 0.822. The molecule has 1 atom stereocenters. The van der Waals surface area contributed by atoms with Crippen molar-refractivity contribution in [2.45, 2.75) is 26.9 Å². The van der Waals surface area contributed by atoms with Gasteiger partial charge in [0.2, 0.25) is 0 Å². The van der Waals surface area contributed by atoms with Crippen LogP contribution in [0.2, 0.25) is 0 Å². The number of aliphatic hydroxyl groups excluding tert-OH is 1. The zero-order chi connectivity index (χ0) is 13.5. The third-order valence-electron chi connectivity index (χ3n) is 2.56. The number of hydrogen-bond acceptors (Lipinski definition) is 1. The molecule has 0 aliphatic rings. The zero-order valence-electron chi connectivity index (χ0n) is 11.0. The first-order chi connectivity index (χ1) is 8.68. The second-order valence-electron chi connectivity index (χ2n) is 3.78. The van der Waals surface area contributed by atoms with Gasteiger partial charge >= 0.3 is 0 Å². The van der Waals surface area contributed by atoms with E-state index in [0.717, 1.165) is 5.56 Å². The Morgan fingerprint density at radius 2 is 1.61 bits per heavy atom. The van der Waals surface area contributed by atoms with Crippen molar-refractivity contribution in [3.63, 3.8) is 0 Å². The van der Waals surface area contributed by atoms with Crippen LogP contribution in [0.15, 0.2) is 48.5 Å². The molecule has 1 unspecified atom stereocenters. The van der Waals surface area contributed by atoms with Crippen LogP contribution < -0.4 is 0 Å². The van der Waals surface area contributed by atoms with Crippen LogP contribution in [0.1, 0.15) is 32.4 Å². The molecule has 2 aromatic rings. The Balaban J connectivity index is 0.000000771. The molecule has 0 aromatic heterocycles. The highest BCUT2D eigenvalue weighted by Gasteiger charge is 2.07. The van der Waals surface area contributed by atoms with E-state index in [4.69, 9.17) is 0 Å². The Morgan fingerprint density at radius 3 is 2.11 bits per heavy atom. The molecule has 0 radical (unpaired) electrons. The average Bonchev–Trinajstić information content (AvgIpc) is 2.42. The van der Waals surface area contributed by atoms with Gasteiger partial charge in [0.1, 0.15) is 5.82 Å². The van der Waals surface area contributed by atoms with Crippen LogP contribution in [0, 0.1) is 5.82 Å². The molecule has 2 rings (SSSR count). The van der Waals surface area contributed by atoms with E-state index >= 15 is 0 Å². The molecule has 0 spiro atoms. The van der Waals surface area contributed by atoms with E-state index in [9.17, 15) is 9.50 Å². The molecule has 0 aliphatic heterocycles. The fraction of sp³-hybridized carbons (Fsp3) is 0.250. The second-order valence-corrected chi connectivity index (χ2v) is 3.78. The van der Waals surface area contributed by atoms with E-state index in [1.54, 1.807) is 19.1 Å². The van der Waals surface area contributed by atoms with Crippen LogP contribution in [0.3, 0.4) is 0 Å². The maximum Gasteiger partial charge on any atom is 0.131 e. The molecule has 18 heavy (non-hydrogen) atoms. The Morgan fingerprint density at radius 1 is 1.00 bits per heavy atom. The van der Waals surface area contributed by atoms with Crippen LogP contribution in [0.5, 0.6) is 0 Å². The second kappa shape index (κ2) is 6.92. The van der Waals surface area contributed by atoms with Gasteiger partial charge in [-0.1, -0.05) is 56.3 Å². The zero-order valence-corrected chi connectivity index (χ0v) is 11.0. The molecule has 0 bridgehead atoms. The minimum atomic E-state index is -0.640. The highest BCUT2D eigenvalue weighted by atomic mass is 19.1. The standard InChI is InChI=1S/C14H13FO.C2H6/c1-10(16)12-7-8-13(14(15)9-12)11-5-3-2-4-6-11;1-2/h2-10,16H,1H3;1-2H3. The van der Waals surface area contributed by atoms with Gasteiger partial charge in [0.15, 0.2) is 0 Å². The summed E-state index contributed by atoms with van der Waals surface area (Å²) in [5, 5.41) is 9.34. The number of aliphatic hydroxyl groups is 1. The van der Waals surface area contributed by atoms with Gasteiger partial charge < -0.3 is 5.11 Å². The third kappa shape index (κ3) is 3.41. The van der Waals surface area contributed by atoms with Gasteiger partial charge in [-0.25, -0.2) is 4.39 Å². The van der Waals surface area contributed by atoms with E-state index in [-0.39, 0.29) is 5.82 Å². The predicted octanol–water partition coefficient (Wildman–Crippen LogP) is 4.57. The first-order valence-corrected chi connectivity index (χ1v) is 6.21. The first-order valence-electron chi connectivity index (χ1n) is 6.21. The summed E-state index contributed by atoms with van der Waals surface area (Å²) in [5.74, 6) is -0.301. The Kier molecular flexibility index (Phi) is 5.53. The average molecular weight is 246 g/mol. The van der Waals surface area contributed by atoms with E-state index in [2.05, 4.69) is 0 Å². The van der Waals surface area contributed by atoms with E-state index in [0.29, 0.717) is 11.1 Å². The maximum absolute atomic E-state index is 13.8. The summed E-state index contributed by atoms with van der Waals surface area (Å²) in [6.45, 7) is 5.62. The molecule has 1 N–H and O–H groups in total. The van der Waals surface area contributed by atoms with Crippen molar-refractivity contribution in [3.8, 4) is 11.1 Å². The minimum Gasteiger partial charge on any atom is -0.389 e. The summed E-state index contributed by atoms with van der Waals surface area (Å²) >= 11 is 0. The van der Waals surface area contributed by atoms with Gasteiger partial charge in [-0.15, -0.1) is 0 Å². The van der Waals surface area contributed by atoms with E-state index in [1.165, 1.54) is 6.07 Å². The fourth-order valence-corrected chi connectivity index (χ4v) is 1.64. The van der Waals surface area contributed by atoms with Gasteiger partial charge in [-0.05, 0) is 24.1 Å². The Labute approximate surface area is 108 Å². The Hall–Kier alpha value is -1.67. The molecule has 1 nitrogen and oxygen atoms in total. The number of rotatable bonds is 2. The molecular weight excluding hydrogens is 227 g/mol. The molecule has 2 aromatic carbocycles. The number of halogens is 1. The largest absolute Gasteiger partial charge is 0.389 e. The smallest absolute Gasteiger partial charge is 0.131 e. The highest BCUT2D eigenvalue weighted by molar-refractivity contribution is 5.64. The van der Waals surface area contributed by atoms with E-state index in [1.807, 2.05) is 44.2 Å². The lowest BCUT2D eigenvalue weighted by Gasteiger charge is -2.08. The van der Waals surface area contributed by atoms with Crippen molar-refractivity contribution >= 4 is 0 Å². The molecule has 96 valence electrons. The molecule has 2 heteroatoms. The first kappa shape index (κ1) is 14.4. The predicted molar refractivity (Wildman–Crippen MR) is 73.8 cm³/mol. The molecule has 0 heterocycles. The van der Waals surface area contributed by atoms with Gasteiger partial charge in [0, 0.05) is 5.56 Å². The maximum atomic E-state index is 13.8. The summed E-state index contributed by atoms with van der Waals surface area (Å²) < 4.78 is 13.8. The molecule has 0 saturated heterocycles. The van der Waals surface area contributed by atoms with Crippen LogP contribution in [-0.4, -0.2) is 5.11 Å². The number of hydrogen-bond donors (Lipinski definition) is 1. The van der Waals surface area contributed by atoms with Gasteiger partial charge in [0.25, 0.3) is 0 Å². The van der Waals surface area contributed by atoms with Crippen molar-refractivity contribution in [3.05, 3.63) is 59.9 Å². The lowest BCUT2D eigenvalue weighted by atomic mass is 10.0. The number of benzene rings is 2. The topological polar surface area (TPSA) is 20.2 Å². The normalized spacial score (nSPS) is 11.4. The van der Waals surface area contributed by atoms with Crippen LogP contribution in [0.4, 0.5) is 4.39 Å². The van der Waals surface area contributed by atoms with Crippen molar-refractivity contribution in [2.75, 3.05) is 0 Å². The summed E-state index contributed by atoms with van der Waals surface area (Å²) in [6.07, 6.45) is -0.640. The lowest BCUT2D eigenvalue weighted by molar-refractivity contribution is 0.199. The summed E-state index contributed by atoms with van der Waals surface area (Å²) in [4.78, 5) is 0. The SMILES string of the molecule is CC.CC(O)c1ccc(-c2ccccc2)c(F)c1. The summed E-state index contributed by atoms with van der Waals surface area (Å²) in [7, 11) is 0. The summed E-state index contributed by atoms with van der Waals surface area (Å²) in [6, 6.07) is 14.2. The monoisotopic (exact) mass is 246 g/mol. The Bertz CT molecular complexity index is 478. The third-order valence-corrected chi connectivity index (χ3v) is 2.56. The van der Waals surface area contributed by atoms with Gasteiger partial charge in [0.05, 0.1) is 6.10 Å². The lowest BCUT2D eigenvalue weighted by Crippen LogP contribution is -1.93. The molecule has 0 fully saturated rings. The minimum absolute atomic E-state index is 0.301. The molecule has 0 saturated carbocycles. The van der Waals surface area contributed by atoms with Crippen molar-refractivity contribution in [1.82, 2.24) is 0 Å². The highest BCUT2D eigenvalue weighted by Crippen LogP contribution is 2.25. The van der Waals surface area contributed by atoms with Crippen LogP contribution in [0.25, 0.3) is 11.1 Å². The van der Waals surface area contributed by atoms with Crippen LogP contribution >= 0.6 is 0 Å². The van der Waals surface area contributed by atoms with Gasteiger partial charge in [-0.3, -0.25) is 0 Å². The van der Waals surface area contributed by atoms with Crippen LogP contribution in [-0.2, 0) is 0 Å².